The Morgan fingerprint density at radius 2 is 1.92 bits per heavy atom. The number of piperidine rings is 1. The third-order valence-electron chi connectivity index (χ3n) is 7.14. The van der Waals surface area contributed by atoms with Crippen LogP contribution in [-0.4, -0.2) is 63.0 Å². The van der Waals surface area contributed by atoms with Crippen molar-refractivity contribution in [3.8, 4) is 0 Å². The number of rotatable bonds is 6. The molecule has 148 valence electrons. The molecule has 2 saturated carbocycles. The predicted molar refractivity (Wildman–Crippen MR) is 105 cm³/mol. The van der Waals surface area contributed by atoms with Gasteiger partial charge in [0, 0.05) is 33.3 Å². The van der Waals surface area contributed by atoms with Crippen molar-refractivity contribution in [1.29, 1.82) is 0 Å². The monoisotopic (exact) mass is 363 g/mol. The van der Waals surface area contributed by atoms with E-state index in [9.17, 15) is 0 Å². The van der Waals surface area contributed by atoms with E-state index < -0.39 is 0 Å². The van der Waals surface area contributed by atoms with E-state index in [-0.39, 0.29) is 0 Å². The first-order valence-electron chi connectivity index (χ1n) is 11.0. The second kappa shape index (κ2) is 8.47. The molecule has 5 heteroatoms. The Kier molecular flexibility index (Phi) is 6.04. The van der Waals surface area contributed by atoms with Crippen molar-refractivity contribution >= 4 is 5.96 Å². The van der Waals surface area contributed by atoms with Gasteiger partial charge in [-0.3, -0.25) is 4.99 Å². The van der Waals surface area contributed by atoms with Crippen LogP contribution in [0.25, 0.3) is 0 Å². The zero-order chi connectivity index (χ0) is 17.8. The molecule has 1 N–H and O–H groups in total. The number of nitrogens with zero attached hydrogens (tertiary/aromatic N) is 2. The maximum atomic E-state index is 6.15. The van der Waals surface area contributed by atoms with Gasteiger partial charge in [-0.25, -0.2) is 0 Å². The first-order valence-corrected chi connectivity index (χ1v) is 11.0. The number of guanidine groups is 1. The highest BCUT2D eigenvalue weighted by Gasteiger charge is 2.48. The van der Waals surface area contributed by atoms with Gasteiger partial charge in [-0.1, -0.05) is 6.42 Å². The Morgan fingerprint density at radius 1 is 1.12 bits per heavy atom. The SMILES string of the molecule is CN=C(NCC1(C2CC2)CCC1)N1CCC(OCC2CCCCO2)CC1. The number of nitrogens with one attached hydrogen (secondary N) is 1. The molecule has 2 aliphatic heterocycles. The largest absolute Gasteiger partial charge is 0.376 e. The van der Waals surface area contributed by atoms with E-state index in [4.69, 9.17) is 9.47 Å². The standard InChI is InChI=1S/C21H37N3O2/c1-22-20(23-16-21(10-4-11-21)17-6-7-17)24-12-8-18(9-13-24)26-15-19-5-2-3-14-25-19/h17-19H,2-16H2,1H3,(H,22,23). The van der Waals surface area contributed by atoms with Crippen LogP contribution in [0.4, 0.5) is 0 Å². The number of hydrogen-bond acceptors (Lipinski definition) is 3. The molecule has 0 aromatic rings. The summed E-state index contributed by atoms with van der Waals surface area (Å²) in [6.07, 6.45) is 13.7. The van der Waals surface area contributed by atoms with E-state index >= 15 is 0 Å². The summed E-state index contributed by atoms with van der Waals surface area (Å²) in [7, 11) is 1.93. The third-order valence-corrected chi connectivity index (χ3v) is 7.14. The topological polar surface area (TPSA) is 46.1 Å². The summed E-state index contributed by atoms with van der Waals surface area (Å²) in [5, 5.41) is 3.72. The molecule has 26 heavy (non-hydrogen) atoms. The average molecular weight is 364 g/mol. The molecule has 1 atom stereocenters. The molecule has 2 heterocycles. The molecule has 0 bridgehead atoms. The van der Waals surface area contributed by atoms with Crippen molar-refractivity contribution in [2.75, 3.05) is 39.9 Å². The van der Waals surface area contributed by atoms with Gasteiger partial charge in [-0.05, 0) is 69.1 Å². The van der Waals surface area contributed by atoms with Crippen molar-refractivity contribution < 1.29 is 9.47 Å². The van der Waals surface area contributed by atoms with Crippen LogP contribution in [0.5, 0.6) is 0 Å². The minimum Gasteiger partial charge on any atom is -0.376 e. The van der Waals surface area contributed by atoms with Gasteiger partial charge in [-0.15, -0.1) is 0 Å². The first-order chi connectivity index (χ1) is 12.8. The minimum absolute atomic E-state index is 0.331. The Labute approximate surface area is 158 Å². The molecular weight excluding hydrogens is 326 g/mol. The van der Waals surface area contributed by atoms with Gasteiger partial charge < -0.3 is 19.7 Å². The smallest absolute Gasteiger partial charge is 0.193 e. The van der Waals surface area contributed by atoms with E-state index in [1.54, 1.807) is 0 Å². The summed E-state index contributed by atoms with van der Waals surface area (Å²) in [6, 6.07) is 0. The summed E-state index contributed by atoms with van der Waals surface area (Å²) in [6.45, 7) is 4.91. The maximum Gasteiger partial charge on any atom is 0.193 e. The minimum atomic E-state index is 0.331. The van der Waals surface area contributed by atoms with Crippen molar-refractivity contribution in [1.82, 2.24) is 10.2 Å². The molecular formula is C21H37N3O2. The van der Waals surface area contributed by atoms with Crippen LogP contribution in [-0.2, 0) is 9.47 Å². The highest BCUT2D eigenvalue weighted by Crippen LogP contribution is 2.56. The van der Waals surface area contributed by atoms with Crippen molar-refractivity contribution in [2.45, 2.75) is 76.4 Å². The van der Waals surface area contributed by atoms with Gasteiger partial charge in [-0.2, -0.15) is 0 Å². The summed E-state index contributed by atoms with van der Waals surface area (Å²) in [5.74, 6) is 2.09. The van der Waals surface area contributed by atoms with Crippen molar-refractivity contribution in [2.24, 2.45) is 16.3 Å². The van der Waals surface area contributed by atoms with E-state index in [2.05, 4.69) is 15.2 Å². The van der Waals surface area contributed by atoms with Crippen LogP contribution in [0.3, 0.4) is 0 Å². The second-order valence-electron chi connectivity index (χ2n) is 8.90. The van der Waals surface area contributed by atoms with Crippen LogP contribution in [0.1, 0.15) is 64.2 Å². The molecule has 4 fully saturated rings. The normalized spacial score (nSPS) is 30.1. The van der Waals surface area contributed by atoms with Gasteiger partial charge >= 0.3 is 0 Å². The molecule has 0 aromatic heterocycles. The molecule has 2 aliphatic carbocycles. The van der Waals surface area contributed by atoms with Crippen molar-refractivity contribution in [3.05, 3.63) is 0 Å². The maximum absolute atomic E-state index is 6.15. The average Bonchev–Trinajstić information content (AvgIpc) is 3.49. The van der Waals surface area contributed by atoms with Crippen molar-refractivity contribution in [3.63, 3.8) is 0 Å². The molecule has 1 unspecified atom stereocenters. The van der Waals surface area contributed by atoms with E-state index in [0.29, 0.717) is 17.6 Å². The lowest BCUT2D eigenvalue weighted by atomic mass is 9.65. The summed E-state index contributed by atoms with van der Waals surface area (Å²) in [5.41, 5.74) is 0.595. The lowest BCUT2D eigenvalue weighted by molar-refractivity contribution is -0.0721. The zero-order valence-corrected chi connectivity index (χ0v) is 16.5. The molecule has 2 saturated heterocycles. The van der Waals surface area contributed by atoms with E-state index in [1.807, 2.05) is 7.05 Å². The quantitative estimate of drug-likeness (QED) is 0.581. The van der Waals surface area contributed by atoms with Crippen LogP contribution >= 0.6 is 0 Å². The zero-order valence-electron chi connectivity index (χ0n) is 16.5. The van der Waals surface area contributed by atoms with Gasteiger partial charge in [0.1, 0.15) is 0 Å². The fraction of sp³-hybridized carbons (Fsp3) is 0.952. The number of likely N-dealkylation sites (tertiary alicyclic amines) is 1. The van der Waals surface area contributed by atoms with Crippen LogP contribution in [0.15, 0.2) is 4.99 Å². The van der Waals surface area contributed by atoms with Gasteiger partial charge in [0.25, 0.3) is 0 Å². The molecule has 5 nitrogen and oxygen atoms in total. The highest BCUT2D eigenvalue weighted by molar-refractivity contribution is 5.80. The number of ether oxygens (including phenoxy) is 2. The molecule has 0 spiro atoms. The lowest BCUT2D eigenvalue weighted by Gasteiger charge is -2.44. The fourth-order valence-electron chi connectivity index (χ4n) is 5.06. The molecule has 0 amide bonds. The lowest BCUT2D eigenvalue weighted by Crippen LogP contribution is -2.51. The highest BCUT2D eigenvalue weighted by atomic mass is 16.5. The summed E-state index contributed by atoms with van der Waals surface area (Å²) >= 11 is 0. The number of aliphatic imine (C=N–C) groups is 1. The molecule has 0 aromatic carbocycles. The van der Waals surface area contributed by atoms with Crippen LogP contribution < -0.4 is 5.32 Å². The van der Waals surface area contributed by atoms with E-state index in [0.717, 1.165) is 64.0 Å². The predicted octanol–water partition coefficient (Wildman–Crippen LogP) is 3.19. The summed E-state index contributed by atoms with van der Waals surface area (Å²) in [4.78, 5) is 6.99. The Balaban J connectivity index is 1.18. The molecule has 4 rings (SSSR count). The molecule has 4 aliphatic rings. The third kappa shape index (κ3) is 4.36. The van der Waals surface area contributed by atoms with Crippen LogP contribution in [0, 0.1) is 11.3 Å². The molecule has 0 radical (unpaired) electrons. The Hall–Kier alpha value is -0.810. The van der Waals surface area contributed by atoms with Gasteiger partial charge in [0.05, 0.1) is 18.8 Å². The second-order valence-corrected chi connectivity index (χ2v) is 8.90. The Bertz CT molecular complexity index is 474. The van der Waals surface area contributed by atoms with Gasteiger partial charge in [0.2, 0.25) is 0 Å². The Morgan fingerprint density at radius 3 is 2.50 bits per heavy atom. The van der Waals surface area contributed by atoms with Crippen LogP contribution in [0.2, 0.25) is 0 Å². The van der Waals surface area contributed by atoms with E-state index in [1.165, 1.54) is 44.9 Å². The summed E-state index contributed by atoms with van der Waals surface area (Å²) < 4.78 is 11.9. The fourth-order valence-corrected chi connectivity index (χ4v) is 5.06. The number of hydrogen-bond donors (Lipinski definition) is 1. The first kappa shape index (κ1) is 18.5. The van der Waals surface area contributed by atoms with Gasteiger partial charge in [0.15, 0.2) is 5.96 Å².